The van der Waals surface area contributed by atoms with Gasteiger partial charge in [-0.2, -0.15) is 0 Å². The Hall–Kier alpha value is -7.12. The summed E-state index contributed by atoms with van der Waals surface area (Å²) in [5.41, 5.74) is 11.9. The van der Waals surface area contributed by atoms with Crippen molar-refractivity contribution in [3.8, 4) is 78.1 Å². The minimum Gasteiger partial charge on any atom is -0.236 e. The van der Waals surface area contributed by atoms with E-state index in [0.29, 0.717) is 17.5 Å². The van der Waals surface area contributed by atoms with Gasteiger partial charge in [0.2, 0.25) is 0 Å². The quantitative estimate of drug-likeness (QED) is 0.162. The first-order valence-electron chi connectivity index (χ1n) is 19.2. The molecule has 0 radical (unpaired) electrons. The minimum atomic E-state index is 0.637. The molecule has 3 heterocycles. The van der Waals surface area contributed by atoms with Crippen LogP contribution in [0.2, 0.25) is 0 Å². The van der Waals surface area contributed by atoms with Crippen LogP contribution in [-0.2, 0) is 0 Å². The highest BCUT2D eigenvalue weighted by atomic mass is 32.1. The second kappa shape index (κ2) is 14.4. The lowest BCUT2D eigenvalue weighted by Crippen LogP contribution is -2.00. The molecule has 11 rings (SSSR count). The predicted octanol–water partition coefficient (Wildman–Crippen LogP) is 14.5. The van der Waals surface area contributed by atoms with Gasteiger partial charge in [-0.1, -0.05) is 146 Å². The number of aromatic nitrogens is 4. The van der Waals surface area contributed by atoms with Crippen LogP contribution in [0.25, 0.3) is 109 Å². The molecule has 272 valence electrons. The van der Waals surface area contributed by atoms with E-state index in [1.54, 1.807) is 11.3 Å². The van der Waals surface area contributed by atoms with Gasteiger partial charge in [0, 0.05) is 48.0 Å². The average molecular weight is 777 g/mol. The highest BCUT2D eigenvalue weighted by Crippen LogP contribution is 2.39. The standard InChI is InChI=1S/C52H32N4S2/c1-3-13-33(14-4-1)49-54-50(56-51(55-49)41-27-28-47-44(32-41)43-23-7-8-26-46(43)57-47)40-22-11-20-38(31-40)36-18-9-17-35(29-36)37-19-10-21-39(30-37)42-24-12-25-45-48(42)58-52(53-45)34-15-5-2-6-16-34/h1-32H. The third kappa shape index (κ3) is 6.35. The van der Waals surface area contributed by atoms with Crippen LogP contribution in [0.4, 0.5) is 0 Å². The molecule has 0 saturated carbocycles. The topological polar surface area (TPSA) is 51.6 Å². The molecule has 0 bridgehead atoms. The maximum absolute atomic E-state index is 5.13. The first kappa shape index (κ1) is 34.2. The smallest absolute Gasteiger partial charge is 0.164 e. The van der Waals surface area contributed by atoms with E-state index in [-0.39, 0.29) is 0 Å². The maximum Gasteiger partial charge on any atom is 0.164 e. The molecular weight excluding hydrogens is 745 g/mol. The Kier molecular flexibility index (Phi) is 8.50. The lowest BCUT2D eigenvalue weighted by Gasteiger charge is -2.11. The summed E-state index contributed by atoms with van der Waals surface area (Å²) in [6.45, 7) is 0. The van der Waals surface area contributed by atoms with Gasteiger partial charge in [0.05, 0.1) is 10.2 Å². The Bertz CT molecular complexity index is 3300. The molecule has 58 heavy (non-hydrogen) atoms. The van der Waals surface area contributed by atoms with Crippen molar-refractivity contribution in [2.24, 2.45) is 0 Å². The number of hydrogen-bond donors (Lipinski definition) is 0. The minimum absolute atomic E-state index is 0.637. The number of benzene rings is 8. The van der Waals surface area contributed by atoms with Crippen LogP contribution in [0.5, 0.6) is 0 Å². The van der Waals surface area contributed by atoms with Gasteiger partial charge in [-0.05, 0) is 76.3 Å². The Balaban J connectivity index is 0.958. The van der Waals surface area contributed by atoms with Crippen molar-refractivity contribution in [2.75, 3.05) is 0 Å². The fourth-order valence-electron chi connectivity index (χ4n) is 7.68. The third-order valence-corrected chi connectivity index (χ3v) is 12.9. The number of rotatable bonds is 7. The van der Waals surface area contributed by atoms with Crippen LogP contribution < -0.4 is 0 Å². The molecule has 3 aromatic heterocycles. The van der Waals surface area contributed by atoms with E-state index < -0.39 is 0 Å². The summed E-state index contributed by atoms with van der Waals surface area (Å²) >= 11 is 3.56. The molecule has 8 aromatic carbocycles. The molecule has 0 fully saturated rings. The van der Waals surface area contributed by atoms with Gasteiger partial charge in [-0.3, -0.25) is 0 Å². The summed E-state index contributed by atoms with van der Waals surface area (Å²) in [5.74, 6) is 1.93. The van der Waals surface area contributed by atoms with Gasteiger partial charge < -0.3 is 0 Å². The average Bonchev–Trinajstić information content (AvgIpc) is 3.92. The monoisotopic (exact) mass is 776 g/mol. The van der Waals surface area contributed by atoms with Crippen molar-refractivity contribution in [3.05, 3.63) is 194 Å². The van der Waals surface area contributed by atoms with Crippen LogP contribution in [0.15, 0.2) is 194 Å². The molecule has 0 amide bonds. The van der Waals surface area contributed by atoms with E-state index in [2.05, 4.69) is 170 Å². The molecule has 0 aliphatic rings. The van der Waals surface area contributed by atoms with Crippen molar-refractivity contribution in [1.82, 2.24) is 19.9 Å². The van der Waals surface area contributed by atoms with Crippen molar-refractivity contribution in [3.63, 3.8) is 0 Å². The molecule has 6 heteroatoms. The molecule has 0 N–H and O–H groups in total. The summed E-state index contributed by atoms with van der Waals surface area (Å²) < 4.78 is 3.72. The summed E-state index contributed by atoms with van der Waals surface area (Å²) in [5, 5.41) is 3.50. The first-order valence-corrected chi connectivity index (χ1v) is 20.8. The summed E-state index contributed by atoms with van der Waals surface area (Å²) in [4.78, 5) is 20.2. The van der Waals surface area contributed by atoms with Gasteiger partial charge in [0.1, 0.15) is 5.01 Å². The molecule has 0 atom stereocenters. The lowest BCUT2D eigenvalue weighted by molar-refractivity contribution is 1.07. The zero-order valence-corrected chi connectivity index (χ0v) is 32.7. The number of hydrogen-bond acceptors (Lipinski definition) is 6. The predicted molar refractivity (Wildman–Crippen MR) is 244 cm³/mol. The van der Waals surface area contributed by atoms with E-state index in [9.17, 15) is 0 Å². The first-order chi connectivity index (χ1) is 28.7. The van der Waals surface area contributed by atoms with Crippen molar-refractivity contribution >= 4 is 53.1 Å². The molecule has 0 aliphatic heterocycles. The highest BCUT2D eigenvalue weighted by Gasteiger charge is 2.16. The normalized spacial score (nSPS) is 11.4. The summed E-state index contributed by atoms with van der Waals surface area (Å²) in [6, 6.07) is 68.2. The second-order valence-electron chi connectivity index (χ2n) is 14.3. The van der Waals surface area contributed by atoms with E-state index in [1.807, 2.05) is 35.6 Å². The van der Waals surface area contributed by atoms with Crippen molar-refractivity contribution < 1.29 is 0 Å². The summed E-state index contributed by atoms with van der Waals surface area (Å²) in [7, 11) is 0. The van der Waals surface area contributed by atoms with Gasteiger partial charge in [0.15, 0.2) is 17.5 Å². The Morgan fingerprint density at radius 2 is 0.793 bits per heavy atom. The number of nitrogens with zero attached hydrogens (tertiary/aromatic N) is 4. The fraction of sp³-hybridized carbons (Fsp3) is 0. The number of thiazole rings is 1. The van der Waals surface area contributed by atoms with Crippen LogP contribution >= 0.6 is 22.7 Å². The lowest BCUT2D eigenvalue weighted by atomic mass is 9.95. The molecule has 0 spiro atoms. The van der Waals surface area contributed by atoms with E-state index in [0.717, 1.165) is 55.0 Å². The van der Waals surface area contributed by atoms with Gasteiger partial charge in [-0.25, -0.2) is 19.9 Å². The second-order valence-corrected chi connectivity index (χ2v) is 16.3. The van der Waals surface area contributed by atoms with Gasteiger partial charge in [-0.15, -0.1) is 22.7 Å². The summed E-state index contributed by atoms with van der Waals surface area (Å²) in [6.07, 6.45) is 0. The molecule has 0 aliphatic carbocycles. The molecule has 11 aromatic rings. The molecule has 0 saturated heterocycles. The zero-order chi connectivity index (χ0) is 38.4. The van der Waals surface area contributed by atoms with E-state index in [1.165, 1.54) is 36.0 Å². The zero-order valence-electron chi connectivity index (χ0n) is 31.1. The van der Waals surface area contributed by atoms with Crippen molar-refractivity contribution in [1.29, 1.82) is 0 Å². The Morgan fingerprint density at radius 1 is 0.293 bits per heavy atom. The SMILES string of the molecule is c1ccc(-c2nc(-c3cccc(-c4cccc(-c5cccc(-c6cccc7nc(-c8ccccc8)sc67)c5)c4)c3)nc(-c3ccc4sc5ccccc5c4c3)n2)cc1. The van der Waals surface area contributed by atoms with Crippen LogP contribution in [0.3, 0.4) is 0 Å². The molecule has 0 unspecified atom stereocenters. The molecular formula is C52H32N4S2. The van der Waals surface area contributed by atoms with Crippen LogP contribution in [-0.4, -0.2) is 19.9 Å². The third-order valence-electron chi connectivity index (χ3n) is 10.6. The van der Waals surface area contributed by atoms with Crippen LogP contribution in [0, 0.1) is 0 Å². The maximum atomic E-state index is 5.13. The number of thiophene rings is 1. The van der Waals surface area contributed by atoms with Gasteiger partial charge >= 0.3 is 0 Å². The van der Waals surface area contributed by atoms with E-state index >= 15 is 0 Å². The van der Waals surface area contributed by atoms with Crippen molar-refractivity contribution in [2.45, 2.75) is 0 Å². The van der Waals surface area contributed by atoms with E-state index in [4.69, 9.17) is 19.9 Å². The van der Waals surface area contributed by atoms with Crippen LogP contribution in [0.1, 0.15) is 0 Å². The Labute approximate surface area is 343 Å². The Morgan fingerprint density at radius 3 is 1.50 bits per heavy atom. The number of fused-ring (bicyclic) bond motifs is 4. The highest BCUT2D eigenvalue weighted by molar-refractivity contribution is 7.25. The molecule has 4 nitrogen and oxygen atoms in total. The fourth-order valence-corrected chi connectivity index (χ4v) is 9.87. The largest absolute Gasteiger partial charge is 0.236 e. The van der Waals surface area contributed by atoms with Gasteiger partial charge in [0.25, 0.3) is 0 Å².